The molecule has 3 heteroatoms. The van der Waals surface area contributed by atoms with Crippen molar-refractivity contribution in [3.05, 3.63) is 42.7 Å². The van der Waals surface area contributed by atoms with Crippen LogP contribution in [-0.2, 0) is 0 Å². The van der Waals surface area contributed by atoms with Crippen LogP contribution in [0.2, 0.25) is 0 Å². The lowest BCUT2D eigenvalue weighted by atomic mass is 10.2. The third-order valence-electron chi connectivity index (χ3n) is 2.12. The Morgan fingerprint density at radius 1 is 1.21 bits per heavy atom. The largest absolute Gasteiger partial charge is 0.378 e. The van der Waals surface area contributed by atoms with Gasteiger partial charge in [-0.05, 0) is 24.3 Å². The van der Waals surface area contributed by atoms with E-state index >= 15 is 0 Å². The molecule has 0 amide bonds. The molecule has 0 spiro atoms. The van der Waals surface area contributed by atoms with Crippen molar-refractivity contribution in [1.82, 2.24) is 9.78 Å². The molecule has 0 fully saturated rings. The summed E-state index contributed by atoms with van der Waals surface area (Å²) in [5, 5.41) is 4.19. The van der Waals surface area contributed by atoms with Gasteiger partial charge in [0.1, 0.15) is 0 Å². The topological polar surface area (TPSA) is 21.1 Å². The third kappa shape index (κ3) is 1.62. The maximum absolute atomic E-state index is 4.19. The van der Waals surface area contributed by atoms with Crippen molar-refractivity contribution >= 4 is 5.69 Å². The van der Waals surface area contributed by atoms with Crippen LogP contribution in [0.3, 0.4) is 0 Å². The molecule has 1 aromatic carbocycles. The Morgan fingerprint density at radius 3 is 2.71 bits per heavy atom. The van der Waals surface area contributed by atoms with Crippen molar-refractivity contribution in [3.63, 3.8) is 0 Å². The van der Waals surface area contributed by atoms with Crippen LogP contribution in [0.5, 0.6) is 0 Å². The van der Waals surface area contributed by atoms with Gasteiger partial charge in [0.05, 0.1) is 5.69 Å². The molecular weight excluding hydrogens is 174 g/mol. The van der Waals surface area contributed by atoms with Crippen molar-refractivity contribution in [3.8, 4) is 5.69 Å². The Morgan fingerprint density at radius 2 is 2.07 bits per heavy atom. The molecule has 0 bridgehead atoms. The first kappa shape index (κ1) is 8.81. The van der Waals surface area contributed by atoms with E-state index in [1.54, 1.807) is 6.20 Å². The zero-order chi connectivity index (χ0) is 9.97. The molecule has 0 saturated heterocycles. The van der Waals surface area contributed by atoms with E-state index in [1.165, 1.54) is 5.69 Å². The van der Waals surface area contributed by atoms with E-state index in [9.17, 15) is 0 Å². The number of hydrogen-bond donors (Lipinski definition) is 0. The second-order valence-electron chi connectivity index (χ2n) is 3.36. The molecular formula is C11H13N3. The lowest BCUT2D eigenvalue weighted by Crippen LogP contribution is -2.09. The van der Waals surface area contributed by atoms with Crippen LogP contribution in [0.4, 0.5) is 5.69 Å². The first-order valence-corrected chi connectivity index (χ1v) is 4.55. The van der Waals surface area contributed by atoms with Gasteiger partial charge in [-0.3, -0.25) is 0 Å². The predicted octanol–water partition coefficient (Wildman–Crippen LogP) is 1.94. The molecule has 0 saturated carbocycles. The van der Waals surface area contributed by atoms with Gasteiger partial charge in [-0.1, -0.05) is 6.07 Å². The van der Waals surface area contributed by atoms with E-state index in [2.05, 4.69) is 22.1 Å². The smallest absolute Gasteiger partial charge is 0.0666 e. The molecule has 0 unspecified atom stereocenters. The van der Waals surface area contributed by atoms with Gasteiger partial charge in [0.15, 0.2) is 0 Å². The zero-order valence-electron chi connectivity index (χ0n) is 8.38. The maximum atomic E-state index is 4.19. The fourth-order valence-corrected chi connectivity index (χ4v) is 1.34. The number of nitrogens with zero attached hydrogens (tertiary/aromatic N) is 3. The zero-order valence-corrected chi connectivity index (χ0v) is 8.38. The van der Waals surface area contributed by atoms with Crippen molar-refractivity contribution in [2.45, 2.75) is 0 Å². The average Bonchev–Trinajstić information content (AvgIpc) is 2.71. The van der Waals surface area contributed by atoms with Crippen LogP contribution in [-0.4, -0.2) is 23.9 Å². The second-order valence-corrected chi connectivity index (χ2v) is 3.36. The number of hydrogen-bond acceptors (Lipinski definition) is 2. The SMILES string of the molecule is CN(C)c1cccc(-n2cccn2)c1. The molecule has 0 aliphatic rings. The lowest BCUT2D eigenvalue weighted by Gasteiger charge is -2.13. The molecule has 3 nitrogen and oxygen atoms in total. The molecule has 0 atom stereocenters. The minimum Gasteiger partial charge on any atom is -0.378 e. The molecule has 2 aromatic rings. The van der Waals surface area contributed by atoms with E-state index in [-0.39, 0.29) is 0 Å². The first-order valence-electron chi connectivity index (χ1n) is 4.55. The predicted molar refractivity (Wildman–Crippen MR) is 57.9 cm³/mol. The van der Waals surface area contributed by atoms with Crippen LogP contribution in [0.1, 0.15) is 0 Å². The highest BCUT2D eigenvalue weighted by Gasteiger charge is 1.98. The average molecular weight is 187 g/mol. The van der Waals surface area contributed by atoms with E-state index in [0.717, 1.165) is 5.69 Å². The summed E-state index contributed by atoms with van der Waals surface area (Å²) in [6.45, 7) is 0. The van der Waals surface area contributed by atoms with Crippen LogP contribution in [0.25, 0.3) is 5.69 Å². The summed E-state index contributed by atoms with van der Waals surface area (Å²) in [6, 6.07) is 10.2. The summed E-state index contributed by atoms with van der Waals surface area (Å²) < 4.78 is 1.85. The second kappa shape index (κ2) is 3.54. The maximum Gasteiger partial charge on any atom is 0.0666 e. The molecule has 0 aliphatic heterocycles. The Hall–Kier alpha value is -1.77. The van der Waals surface area contributed by atoms with Crippen molar-refractivity contribution < 1.29 is 0 Å². The summed E-state index contributed by atoms with van der Waals surface area (Å²) in [5.41, 5.74) is 2.26. The molecule has 72 valence electrons. The van der Waals surface area contributed by atoms with Gasteiger partial charge in [-0.2, -0.15) is 5.10 Å². The quantitative estimate of drug-likeness (QED) is 0.716. The highest BCUT2D eigenvalue weighted by molar-refractivity contribution is 5.51. The van der Waals surface area contributed by atoms with Gasteiger partial charge < -0.3 is 4.90 Å². The molecule has 0 N–H and O–H groups in total. The standard InChI is InChI=1S/C11H13N3/c1-13(2)10-5-3-6-11(9-10)14-8-4-7-12-14/h3-9H,1-2H3. The number of rotatable bonds is 2. The van der Waals surface area contributed by atoms with Crippen molar-refractivity contribution in [2.24, 2.45) is 0 Å². The Balaban J connectivity index is 2.41. The normalized spacial score (nSPS) is 10.1. The summed E-state index contributed by atoms with van der Waals surface area (Å²) in [4.78, 5) is 2.08. The Labute approximate surface area is 83.6 Å². The van der Waals surface area contributed by atoms with Gasteiger partial charge in [0.25, 0.3) is 0 Å². The van der Waals surface area contributed by atoms with Crippen LogP contribution in [0, 0.1) is 0 Å². The third-order valence-corrected chi connectivity index (χ3v) is 2.12. The molecule has 1 heterocycles. The highest BCUT2D eigenvalue weighted by Crippen LogP contribution is 2.15. The van der Waals surface area contributed by atoms with E-state index in [0.29, 0.717) is 0 Å². The van der Waals surface area contributed by atoms with Gasteiger partial charge in [0, 0.05) is 32.2 Å². The van der Waals surface area contributed by atoms with Gasteiger partial charge in [0.2, 0.25) is 0 Å². The van der Waals surface area contributed by atoms with Gasteiger partial charge in [-0.15, -0.1) is 0 Å². The molecule has 0 aliphatic carbocycles. The lowest BCUT2D eigenvalue weighted by molar-refractivity contribution is 0.879. The van der Waals surface area contributed by atoms with E-state index < -0.39 is 0 Å². The van der Waals surface area contributed by atoms with Crippen LogP contribution < -0.4 is 4.90 Å². The summed E-state index contributed by atoms with van der Waals surface area (Å²) in [5.74, 6) is 0. The van der Waals surface area contributed by atoms with Gasteiger partial charge >= 0.3 is 0 Å². The highest BCUT2D eigenvalue weighted by atomic mass is 15.3. The minimum atomic E-state index is 1.08. The Bertz CT molecular complexity index is 404. The number of anilines is 1. The minimum absolute atomic E-state index is 1.08. The summed E-state index contributed by atoms with van der Waals surface area (Å²) >= 11 is 0. The van der Waals surface area contributed by atoms with Crippen molar-refractivity contribution in [2.75, 3.05) is 19.0 Å². The first-order chi connectivity index (χ1) is 6.77. The molecule has 1 aromatic heterocycles. The Kier molecular flexibility index (Phi) is 2.23. The molecule has 0 radical (unpaired) electrons. The number of benzene rings is 1. The molecule has 2 rings (SSSR count). The van der Waals surface area contributed by atoms with Gasteiger partial charge in [-0.25, -0.2) is 4.68 Å². The number of aromatic nitrogens is 2. The summed E-state index contributed by atoms with van der Waals surface area (Å²) in [6.07, 6.45) is 3.72. The van der Waals surface area contributed by atoms with Crippen LogP contribution in [0.15, 0.2) is 42.7 Å². The van der Waals surface area contributed by atoms with E-state index in [1.807, 2.05) is 43.2 Å². The van der Waals surface area contributed by atoms with E-state index in [4.69, 9.17) is 0 Å². The van der Waals surface area contributed by atoms with Crippen LogP contribution >= 0.6 is 0 Å². The fourth-order valence-electron chi connectivity index (χ4n) is 1.34. The monoisotopic (exact) mass is 187 g/mol. The van der Waals surface area contributed by atoms with Crippen molar-refractivity contribution in [1.29, 1.82) is 0 Å². The molecule has 14 heavy (non-hydrogen) atoms. The summed E-state index contributed by atoms with van der Waals surface area (Å²) in [7, 11) is 4.06. The fraction of sp³-hybridized carbons (Fsp3) is 0.182.